The molecular weight excluding hydrogens is 370 g/mol. The highest BCUT2D eigenvalue weighted by atomic mass is 32.2. The Hall–Kier alpha value is -2.72. The summed E-state index contributed by atoms with van der Waals surface area (Å²) < 4.78 is 26.6. The molecule has 0 saturated heterocycles. The number of hydrogen-bond donors (Lipinski definition) is 1. The Balaban J connectivity index is 0.00000196. The third-order valence-electron chi connectivity index (χ3n) is 4.07. The molecule has 3 heterocycles. The maximum Gasteiger partial charge on any atom is 0.270 e. The minimum atomic E-state index is -3.36. The Morgan fingerprint density at radius 3 is 2.81 bits per heavy atom. The molecule has 0 spiro atoms. The number of pyridine rings is 1. The highest BCUT2D eigenvalue weighted by Gasteiger charge is 2.23. The molecule has 3 rings (SSSR count). The number of nitrogens with one attached hydrogen (secondary N) is 1. The van der Waals surface area contributed by atoms with Crippen LogP contribution in [0.4, 0.5) is 0 Å². The van der Waals surface area contributed by atoms with Crippen molar-refractivity contribution in [1.29, 1.82) is 0 Å². The Morgan fingerprint density at radius 2 is 2.15 bits per heavy atom. The molecule has 2 aromatic rings. The number of carbonyl (C=O) groups is 1. The molecule has 1 aliphatic heterocycles. The molecule has 1 aliphatic rings. The van der Waals surface area contributed by atoms with Gasteiger partial charge in [0.05, 0.1) is 12.8 Å². The third-order valence-corrected chi connectivity index (χ3v) is 5.20. The molecule has 1 amide bonds. The van der Waals surface area contributed by atoms with E-state index in [2.05, 4.69) is 15.3 Å². The predicted octanol–water partition coefficient (Wildman–Crippen LogP) is 0.665. The van der Waals surface area contributed by atoms with Gasteiger partial charge in [-0.15, -0.1) is 0 Å². The van der Waals surface area contributed by atoms with Gasteiger partial charge < -0.3 is 10.8 Å². The van der Waals surface area contributed by atoms with Crippen molar-refractivity contribution < 1.29 is 20.1 Å². The lowest BCUT2D eigenvalue weighted by molar-refractivity contribution is 0.0927. The van der Waals surface area contributed by atoms with E-state index in [1.165, 1.54) is 4.31 Å². The standard InChI is InChI=1S/C17H21N5O3S.H2O.H2/c1-13-9-15(20-16(10-13)21-8-6-18-12-21)17(23)19-14-5-3-4-7-22(11-14)26(2,24)25;;/h4,6-10,12,14H,3,5,11H2,1-2H3,(H,19,23);1H2;1H. The van der Waals surface area contributed by atoms with E-state index in [0.29, 0.717) is 18.7 Å². The highest BCUT2D eigenvalue weighted by molar-refractivity contribution is 7.88. The maximum absolute atomic E-state index is 12.7. The van der Waals surface area contributed by atoms with E-state index in [-0.39, 0.29) is 31.1 Å². The van der Waals surface area contributed by atoms with Gasteiger partial charge in [-0.1, -0.05) is 6.08 Å². The van der Waals surface area contributed by atoms with Crippen LogP contribution in [0.5, 0.6) is 0 Å². The van der Waals surface area contributed by atoms with Gasteiger partial charge in [-0.05, 0) is 37.5 Å². The van der Waals surface area contributed by atoms with Crippen LogP contribution in [0, 0.1) is 6.92 Å². The van der Waals surface area contributed by atoms with Crippen LogP contribution in [0.2, 0.25) is 0 Å². The monoisotopic (exact) mass is 395 g/mol. The fourth-order valence-electron chi connectivity index (χ4n) is 2.77. The molecule has 0 radical (unpaired) electrons. The predicted molar refractivity (Wildman–Crippen MR) is 103 cm³/mol. The Kier molecular flexibility index (Phi) is 6.34. The molecule has 2 aromatic heterocycles. The molecule has 9 nitrogen and oxygen atoms in total. The van der Waals surface area contributed by atoms with Gasteiger partial charge in [-0.25, -0.2) is 18.4 Å². The first-order valence-electron chi connectivity index (χ1n) is 8.24. The molecule has 10 heteroatoms. The minimum absolute atomic E-state index is 0. The number of amides is 1. The molecule has 0 aliphatic carbocycles. The van der Waals surface area contributed by atoms with Crippen molar-refractivity contribution in [3.8, 4) is 5.82 Å². The van der Waals surface area contributed by atoms with Crippen LogP contribution in [0.15, 0.2) is 43.1 Å². The van der Waals surface area contributed by atoms with Crippen molar-refractivity contribution in [2.24, 2.45) is 0 Å². The lowest BCUT2D eigenvalue weighted by Gasteiger charge is -2.23. The average molecular weight is 395 g/mol. The lowest BCUT2D eigenvalue weighted by Crippen LogP contribution is -2.43. The summed E-state index contributed by atoms with van der Waals surface area (Å²) in [5.74, 6) is 0.281. The summed E-state index contributed by atoms with van der Waals surface area (Å²) >= 11 is 0. The number of imidazole rings is 1. The second-order valence-corrected chi connectivity index (χ2v) is 8.26. The van der Waals surface area contributed by atoms with Gasteiger partial charge in [0.25, 0.3) is 5.91 Å². The normalized spacial score (nSPS) is 17.1. The van der Waals surface area contributed by atoms with Crippen molar-refractivity contribution in [2.75, 3.05) is 12.8 Å². The summed E-state index contributed by atoms with van der Waals surface area (Å²) in [5.41, 5.74) is 1.19. The Labute approximate surface area is 159 Å². The van der Waals surface area contributed by atoms with Crippen molar-refractivity contribution in [2.45, 2.75) is 25.8 Å². The van der Waals surface area contributed by atoms with E-state index in [1.807, 2.05) is 13.0 Å². The van der Waals surface area contributed by atoms with Crippen LogP contribution >= 0.6 is 0 Å². The largest absolute Gasteiger partial charge is 0.412 e. The molecule has 0 fully saturated rings. The molecule has 0 bridgehead atoms. The van der Waals surface area contributed by atoms with Crippen molar-refractivity contribution in [3.05, 3.63) is 54.4 Å². The smallest absolute Gasteiger partial charge is 0.270 e. The fourth-order valence-corrected chi connectivity index (χ4v) is 3.53. The van der Waals surface area contributed by atoms with Crippen LogP contribution in [0.25, 0.3) is 5.82 Å². The minimum Gasteiger partial charge on any atom is -0.412 e. The fraction of sp³-hybridized carbons (Fsp3) is 0.353. The lowest BCUT2D eigenvalue weighted by atomic mass is 10.1. The van der Waals surface area contributed by atoms with Gasteiger partial charge in [0, 0.05) is 26.1 Å². The number of aryl methyl sites for hydroxylation is 1. The van der Waals surface area contributed by atoms with Gasteiger partial charge in [0.1, 0.15) is 17.8 Å². The number of hydrogen-bond acceptors (Lipinski definition) is 5. The first-order valence-corrected chi connectivity index (χ1v) is 10.1. The van der Waals surface area contributed by atoms with Crippen LogP contribution in [0.3, 0.4) is 0 Å². The average Bonchev–Trinajstić information content (AvgIpc) is 3.00. The molecule has 1 atom stereocenters. The van der Waals surface area contributed by atoms with Crippen molar-refractivity contribution in [3.63, 3.8) is 0 Å². The Bertz CT molecular complexity index is 931. The van der Waals surface area contributed by atoms with Crippen LogP contribution < -0.4 is 5.32 Å². The number of carbonyl (C=O) groups excluding carboxylic acids is 1. The van der Waals surface area contributed by atoms with E-state index in [0.717, 1.165) is 11.8 Å². The van der Waals surface area contributed by atoms with Gasteiger partial charge in [0.15, 0.2) is 0 Å². The van der Waals surface area contributed by atoms with Gasteiger partial charge in [-0.2, -0.15) is 0 Å². The highest BCUT2D eigenvalue weighted by Crippen LogP contribution is 2.13. The van der Waals surface area contributed by atoms with Crippen LogP contribution in [-0.4, -0.2) is 57.5 Å². The van der Waals surface area contributed by atoms with Crippen LogP contribution in [0.1, 0.15) is 30.3 Å². The number of nitrogens with zero attached hydrogens (tertiary/aromatic N) is 4. The second kappa shape index (κ2) is 8.31. The van der Waals surface area contributed by atoms with E-state index >= 15 is 0 Å². The number of sulfonamides is 1. The zero-order valence-electron chi connectivity index (χ0n) is 15.2. The van der Waals surface area contributed by atoms with Gasteiger partial charge in [-0.3, -0.25) is 13.7 Å². The molecule has 0 saturated carbocycles. The van der Waals surface area contributed by atoms with E-state index in [4.69, 9.17) is 0 Å². The zero-order valence-corrected chi connectivity index (χ0v) is 16.0. The second-order valence-electron chi connectivity index (χ2n) is 6.32. The van der Waals surface area contributed by atoms with Crippen molar-refractivity contribution in [1.82, 2.24) is 24.2 Å². The quantitative estimate of drug-likeness (QED) is 0.813. The van der Waals surface area contributed by atoms with Gasteiger partial charge >= 0.3 is 0 Å². The van der Waals surface area contributed by atoms with Gasteiger partial charge in [0.2, 0.25) is 10.0 Å². The van der Waals surface area contributed by atoms with E-state index in [9.17, 15) is 13.2 Å². The zero-order chi connectivity index (χ0) is 18.7. The third kappa shape index (κ3) is 5.14. The molecule has 27 heavy (non-hydrogen) atoms. The summed E-state index contributed by atoms with van der Waals surface area (Å²) in [6.07, 6.45) is 10.9. The molecule has 0 aromatic carbocycles. The summed E-state index contributed by atoms with van der Waals surface area (Å²) in [6.45, 7) is 2.10. The number of rotatable bonds is 4. The van der Waals surface area contributed by atoms with Crippen LogP contribution in [-0.2, 0) is 10.0 Å². The van der Waals surface area contributed by atoms with E-state index < -0.39 is 10.0 Å². The summed E-state index contributed by atoms with van der Waals surface area (Å²) in [5, 5.41) is 2.90. The first kappa shape index (κ1) is 20.6. The SMILES string of the molecule is Cc1cc(C(=O)NC2CCC=CN(S(C)(=O)=O)C2)nc(-n2ccnc2)c1.O.[HH]. The molecule has 148 valence electrons. The first-order chi connectivity index (χ1) is 12.3. The topological polar surface area (TPSA) is 129 Å². The summed E-state index contributed by atoms with van der Waals surface area (Å²) in [4.78, 5) is 21.1. The van der Waals surface area contributed by atoms with Crippen molar-refractivity contribution >= 4 is 15.9 Å². The summed E-state index contributed by atoms with van der Waals surface area (Å²) in [7, 11) is -3.36. The number of allylic oxidation sites excluding steroid dienone is 1. The number of aromatic nitrogens is 3. The molecule has 1 unspecified atom stereocenters. The molecular formula is C17H25N5O4S. The summed E-state index contributed by atoms with van der Waals surface area (Å²) in [6, 6.07) is 3.28. The maximum atomic E-state index is 12.7. The van der Waals surface area contributed by atoms with E-state index in [1.54, 1.807) is 41.6 Å². The Morgan fingerprint density at radius 1 is 1.37 bits per heavy atom. The molecule has 3 N–H and O–H groups in total.